The van der Waals surface area contributed by atoms with Gasteiger partial charge in [-0.25, -0.2) is 4.98 Å². The number of benzene rings is 1. The molecular weight excluding hydrogens is 318 g/mol. The first-order valence-electron chi connectivity index (χ1n) is 7.89. The van der Waals surface area contributed by atoms with Crippen molar-refractivity contribution in [1.82, 2.24) is 24.1 Å². The van der Waals surface area contributed by atoms with Crippen LogP contribution in [0.15, 0.2) is 66.1 Å². The van der Waals surface area contributed by atoms with Gasteiger partial charge in [0.05, 0.1) is 5.69 Å². The topological polar surface area (TPSA) is 48.0 Å². The summed E-state index contributed by atoms with van der Waals surface area (Å²) in [5, 5.41) is 9.68. The van der Waals surface area contributed by atoms with E-state index in [1.807, 2.05) is 47.0 Å². The van der Waals surface area contributed by atoms with Gasteiger partial charge in [-0.2, -0.15) is 0 Å². The number of imidazole rings is 1. The van der Waals surface area contributed by atoms with Gasteiger partial charge in [0.15, 0.2) is 11.0 Å². The zero-order valence-corrected chi connectivity index (χ0v) is 14.1. The highest BCUT2D eigenvalue weighted by Gasteiger charge is 2.13. The molecule has 0 aliphatic heterocycles. The maximum Gasteiger partial charge on any atom is 0.191 e. The zero-order valence-electron chi connectivity index (χ0n) is 13.3. The molecule has 0 N–H and O–H groups in total. The number of rotatable bonds is 5. The predicted molar refractivity (Wildman–Crippen MR) is 95.9 cm³/mol. The lowest BCUT2D eigenvalue weighted by Gasteiger charge is -2.06. The van der Waals surface area contributed by atoms with Gasteiger partial charge >= 0.3 is 0 Å². The summed E-state index contributed by atoms with van der Waals surface area (Å²) in [6, 6.07) is 16.2. The van der Waals surface area contributed by atoms with E-state index in [0.29, 0.717) is 0 Å². The van der Waals surface area contributed by atoms with Crippen molar-refractivity contribution in [2.24, 2.45) is 0 Å². The van der Waals surface area contributed by atoms with Crippen molar-refractivity contribution in [3.05, 3.63) is 66.6 Å². The molecule has 0 saturated heterocycles. The molecule has 0 amide bonds. The quantitative estimate of drug-likeness (QED) is 0.519. The maximum atomic E-state index is 4.63. The summed E-state index contributed by atoms with van der Waals surface area (Å²) in [7, 11) is 0. The number of nitrogens with zero attached hydrogens (tertiary/aromatic N) is 5. The zero-order chi connectivity index (χ0) is 16.4. The van der Waals surface area contributed by atoms with E-state index in [2.05, 4.69) is 45.0 Å². The minimum atomic E-state index is 0.772. The van der Waals surface area contributed by atoms with Crippen molar-refractivity contribution < 1.29 is 0 Å². The van der Waals surface area contributed by atoms with E-state index in [0.717, 1.165) is 40.2 Å². The van der Waals surface area contributed by atoms with Crippen molar-refractivity contribution in [3.8, 4) is 11.4 Å². The van der Waals surface area contributed by atoms with Crippen LogP contribution in [-0.2, 0) is 12.3 Å². The smallest absolute Gasteiger partial charge is 0.191 e. The Kier molecular flexibility index (Phi) is 4.04. The Morgan fingerprint density at radius 1 is 1.00 bits per heavy atom. The lowest BCUT2D eigenvalue weighted by molar-refractivity contribution is 0.687. The van der Waals surface area contributed by atoms with E-state index < -0.39 is 0 Å². The van der Waals surface area contributed by atoms with Gasteiger partial charge in [0.25, 0.3) is 0 Å². The number of pyridine rings is 1. The molecule has 0 radical (unpaired) electrons. The molecule has 0 unspecified atom stereocenters. The van der Waals surface area contributed by atoms with Crippen molar-refractivity contribution in [2.75, 3.05) is 0 Å². The largest absolute Gasteiger partial charge is 0.307 e. The van der Waals surface area contributed by atoms with Crippen LogP contribution in [0.2, 0.25) is 0 Å². The van der Waals surface area contributed by atoms with Crippen LogP contribution >= 0.6 is 11.8 Å². The van der Waals surface area contributed by atoms with Crippen LogP contribution in [-0.4, -0.2) is 24.1 Å². The Morgan fingerprint density at radius 3 is 2.62 bits per heavy atom. The summed E-state index contributed by atoms with van der Waals surface area (Å²) in [4.78, 5) is 4.63. The molecule has 4 aromatic rings. The Hall–Kier alpha value is -2.60. The van der Waals surface area contributed by atoms with Gasteiger partial charge in [0, 0.05) is 30.3 Å². The summed E-state index contributed by atoms with van der Waals surface area (Å²) < 4.78 is 4.19. The van der Waals surface area contributed by atoms with E-state index in [4.69, 9.17) is 0 Å². The summed E-state index contributed by atoms with van der Waals surface area (Å²) in [5.41, 5.74) is 3.10. The van der Waals surface area contributed by atoms with Crippen LogP contribution in [0.3, 0.4) is 0 Å². The molecule has 3 aromatic heterocycles. The lowest BCUT2D eigenvalue weighted by atomic mass is 10.2. The number of aromatic nitrogens is 5. The fourth-order valence-corrected chi connectivity index (χ4v) is 3.56. The number of fused-ring (bicyclic) bond motifs is 1. The highest BCUT2D eigenvalue weighted by atomic mass is 32.2. The third-order valence-electron chi connectivity index (χ3n) is 3.83. The molecule has 4 rings (SSSR count). The highest BCUT2D eigenvalue weighted by molar-refractivity contribution is 7.98. The van der Waals surface area contributed by atoms with Crippen LogP contribution in [0.4, 0.5) is 0 Å². The van der Waals surface area contributed by atoms with E-state index in [1.54, 1.807) is 11.8 Å². The molecule has 0 spiro atoms. The second kappa shape index (κ2) is 6.49. The Labute approximate surface area is 144 Å². The van der Waals surface area contributed by atoms with E-state index in [1.165, 1.54) is 0 Å². The van der Waals surface area contributed by atoms with E-state index in [-0.39, 0.29) is 0 Å². The second-order valence-electron chi connectivity index (χ2n) is 5.40. The third kappa shape index (κ3) is 2.80. The number of hydrogen-bond donors (Lipinski definition) is 0. The van der Waals surface area contributed by atoms with Gasteiger partial charge in [-0.1, -0.05) is 48.2 Å². The van der Waals surface area contributed by atoms with Crippen LogP contribution in [0.1, 0.15) is 12.6 Å². The Morgan fingerprint density at radius 2 is 1.83 bits per heavy atom. The van der Waals surface area contributed by atoms with Gasteiger partial charge in [0.2, 0.25) is 0 Å². The summed E-state index contributed by atoms with van der Waals surface area (Å²) in [5.74, 6) is 1.69. The molecule has 0 saturated carbocycles. The molecule has 0 bridgehead atoms. The maximum absolute atomic E-state index is 4.63. The van der Waals surface area contributed by atoms with Gasteiger partial charge < -0.3 is 8.97 Å². The normalized spacial score (nSPS) is 11.2. The Balaban J connectivity index is 1.57. The second-order valence-corrected chi connectivity index (χ2v) is 6.35. The first-order chi connectivity index (χ1) is 11.8. The minimum absolute atomic E-state index is 0.772. The molecule has 5 nitrogen and oxygen atoms in total. The average Bonchev–Trinajstić information content (AvgIpc) is 3.23. The molecular formula is C18H17N5S. The first-order valence-corrected chi connectivity index (χ1v) is 8.87. The summed E-state index contributed by atoms with van der Waals surface area (Å²) >= 11 is 1.67. The standard InChI is InChI=1S/C18H17N5S/c1-2-23-17(14-8-4-3-5-9-14)20-21-18(23)24-13-15-12-22-11-7-6-10-16(22)19-15/h3-12H,2,13H2,1H3. The van der Waals surface area contributed by atoms with Gasteiger partial charge in [-0.15, -0.1) is 10.2 Å². The lowest BCUT2D eigenvalue weighted by Crippen LogP contribution is -1.99. The molecule has 24 heavy (non-hydrogen) atoms. The average molecular weight is 335 g/mol. The van der Waals surface area contributed by atoms with Crippen LogP contribution < -0.4 is 0 Å². The van der Waals surface area contributed by atoms with E-state index in [9.17, 15) is 0 Å². The molecule has 120 valence electrons. The summed E-state index contributed by atoms with van der Waals surface area (Å²) in [6.07, 6.45) is 4.08. The minimum Gasteiger partial charge on any atom is -0.307 e. The van der Waals surface area contributed by atoms with Crippen molar-refractivity contribution >= 4 is 17.4 Å². The highest BCUT2D eigenvalue weighted by Crippen LogP contribution is 2.26. The molecule has 3 heterocycles. The van der Waals surface area contributed by atoms with Crippen molar-refractivity contribution in [1.29, 1.82) is 0 Å². The monoisotopic (exact) mass is 335 g/mol. The van der Waals surface area contributed by atoms with Crippen LogP contribution in [0.25, 0.3) is 17.0 Å². The molecule has 0 aliphatic rings. The van der Waals surface area contributed by atoms with E-state index >= 15 is 0 Å². The van der Waals surface area contributed by atoms with Crippen molar-refractivity contribution in [2.45, 2.75) is 24.4 Å². The molecule has 6 heteroatoms. The molecule has 0 aliphatic carbocycles. The Bertz CT molecular complexity index is 925. The van der Waals surface area contributed by atoms with Crippen LogP contribution in [0, 0.1) is 0 Å². The molecule has 0 fully saturated rings. The van der Waals surface area contributed by atoms with Gasteiger partial charge in [-0.3, -0.25) is 0 Å². The molecule has 0 atom stereocenters. The molecule has 1 aromatic carbocycles. The fraction of sp³-hybridized carbons (Fsp3) is 0.167. The summed E-state index contributed by atoms with van der Waals surface area (Å²) in [6.45, 7) is 2.95. The predicted octanol–water partition coefficient (Wildman–Crippen LogP) is 3.91. The fourth-order valence-electron chi connectivity index (χ4n) is 2.68. The van der Waals surface area contributed by atoms with Gasteiger partial charge in [0.1, 0.15) is 5.65 Å². The van der Waals surface area contributed by atoms with Crippen molar-refractivity contribution in [3.63, 3.8) is 0 Å². The number of hydrogen-bond acceptors (Lipinski definition) is 4. The third-order valence-corrected chi connectivity index (χ3v) is 4.83. The van der Waals surface area contributed by atoms with Crippen LogP contribution in [0.5, 0.6) is 0 Å². The SMILES string of the molecule is CCn1c(SCc2cn3ccccc3n2)nnc1-c1ccccc1. The van der Waals surface area contributed by atoms with Gasteiger partial charge in [-0.05, 0) is 19.1 Å². The number of thioether (sulfide) groups is 1. The first kappa shape index (κ1) is 15.0.